The maximum Gasteiger partial charge on any atom is 0.0914 e. The summed E-state index contributed by atoms with van der Waals surface area (Å²) in [6, 6.07) is 0. The molecule has 1 unspecified atom stereocenters. The number of ether oxygens (including phenoxy) is 1. The third-order valence-electron chi connectivity index (χ3n) is 3.23. The quantitative estimate of drug-likeness (QED) is 0.653. The Bertz CT molecular complexity index is 133. The highest BCUT2D eigenvalue weighted by Crippen LogP contribution is 2.32. The molecular formula is C11H24NO+. The monoisotopic (exact) mass is 186 g/mol. The van der Waals surface area contributed by atoms with Crippen LogP contribution in [0.2, 0.25) is 0 Å². The third kappa shape index (κ3) is 2.44. The van der Waals surface area contributed by atoms with Gasteiger partial charge >= 0.3 is 0 Å². The lowest BCUT2D eigenvalue weighted by Gasteiger charge is -2.43. The van der Waals surface area contributed by atoms with Gasteiger partial charge in [-0.1, -0.05) is 20.8 Å². The lowest BCUT2D eigenvalue weighted by atomic mass is 9.76. The first-order valence-electron chi connectivity index (χ1n) is 5.78. The second kappa shape index (κ2) is 4.97. The van der Waals surface area contributed by atoms with Crippen LogP contribution in [0.25, 0.3) is 0 Å². The van der Waals surface area contributed by atoms with Crippen molar-refractivity contribution in [3.05, 3.63) is 0 Å². The van der Waals surface area contributed by atoms with E-state index >= 15 is 0 Å². The van der Waals surface area contributed by atoms with E-state index in [0.29, 0.717) is 11.5 Å². The Morgan fingerprint density at radius 3 is 2.38 bits per heavy atom. The Morgan fingerprint density at radius 1 is 1.38 bits per heavy atom. The predicted octanol–water partition coefficient (Wildman–Crippen LogP) is 1.17. The van der Waals surface area contributed by atoms with Crippen molar-refractivity contribution in [1.82, 2.24) is 0 Å². The highest BCUT2D eigenvalue weighted by molar-refractivity contribution is 4.86. The van der Waals surface area contributed by atoms with Crippen LogP contribution >= 0.6 is 0 Å². The summed E-state index contributed by atoms with van der Waals surface area (Å²) < 4.78 is 5.76. The molecule has 0 amide bonds. The van der Waals surface area contributed by atoms with Crippen molar-refractivity contribution in [2.45, 2.75) is 46.1 Å². The molecular weight excluding hydrogens is 162 g/mol. The normalized spacial score (nSPS) is 30.2. The van der Waals surface area contributed by atoms with Gasteiger partial charge in [0, 0.05) is 0 Å². The van der Waals surface area contributed by atoms with E-state index in [9.17, 15) is 0 Å². The van der Waals surface area contributed by atoms with Crippen molar-refractivity contribution in [1.29, 1.82) is 0 Å². The maximum absolute atomic E-state index is 5.76. The summed E-state index contributed by atoms with van der Waals surface area (Å²) in [6.45, 7) is 9.87. The van der Waals surface area contributed by atoms with Crippen LogP contribution in [0.1, 0.15) is 40.0 Å². The summed E-state index contributed by atoms with van der Waals surface area (Å²) in [6.07, 6.45) is 4.47. The fourth-order valence-corrected chi connectivity index (χ4v) is 2.11. The van der Waals surface area contributed by atoms with E-state index in [1.165, 1.54) is 32.4 Å². The topological polar surface area (TPSA) is 25.8 Å². The molecule has 0 saturated carbocycles. The first-order chi connectivity index (χ1) is 6.35. The average molecular weight is 186 g/mol. The number of quaternary nitrogens is 1. The van der Waals surface area contributed by atoms with Crippen LogP contribution < -0.4 is 5.32 Å². The summed E-state index contributed by atoms with van der Waals surface area (Å²) >= 11 is 0. The van der Waals surface area contributed by atoms with E-state index in [1.807, 2.05) is 13.8 Å². The fraction of sp³-hybridized carbons (Fsp3) is 1.00. The van der Waals surface area contributed by atoms with Gasteiger partial charge in [-0.3, -0.25) is 0 Å². The smallest absolute Gasteiger partial charge is 0.0914 e. The Kier molecular flexibility index (Phi) is 4.20. The number of hydrogen-bond donors (Lipinski definition) is 1. The molecule has 2 nitrogen and oxygen atoms in total. The van der Waals surface area contributed by atoms with E-state index < -0.39 is 0 Å². The van der Waals surface area contributed by atoms with Gasteiger partial charge in [0.15, 0.2) is 0 Å². The molecule has 13 heavy (non-hydrogen) atoms. The van der Waals surface area contributed by atoms with Crippen molar-refractivity contribution < 1.29 is 10.1 Å². The predicted molar refractivity (Wildman–Crippen MR) is 54.7 cm³/mol. The van der Waals surface area contributed by atoms with Crippen LogP contribution in [-0.2, 0) is 4.74 Å². The molecule has 2 aliphatic heterocycles. The standard InChI is InChI=1S/C9H17NO.C2H6/c1-2-8-3-4-9(7-11-8)5-10-6-9;1-2/h8,10H,2-7H2,1H3;1-2H3/p+1. The molecule has 2 N–H and O–H groups in total. The lowest BCUT2D eigenvalue weighted by Crippen LogP contribution is -3.00. The third-order valence-corrected chi connectivity index (χ3v) is 3.23. The Balaban J connectivity index is 0.000000396. The molecule has 2 fully saturated rings. The van der Waals surface area contributed by atoms with Crippen LogP contribution in [0, 0.1) is 5.41 Å². The molecule has 1 atom stereocenters. The number of nitrogens with two attached hydrogens (primary N) is 1. The Labute approximate surface area is 82.0 Å². The molecule has 0 aliphatic carbocycles. The zero-order valence-electron chi connectivity index (χ0n) is 9.31. The summed E-state index contributed by atoms with van der Waals surface area (Å²) in [4.78, 5) is 0. The van der Waals surface area contributed by atoms with E-state index in [2.05, 4.69) is 12.2 Å². The van der Waals surface area contributed by atoms with E-state index in [4.69, 9.17) is 4.74 Å². The molecule has 2 heteroatoms. The van der Waals surface area contributed by atoms with Gasteiger partial charge < -0.3 is 10.1 Å². The number of rotatable bonds is 1. The summed E-state index contributed by atoms with van der Waals surface area (Å²) in [5.41, 5.74) is 0.603. The molecule has 0 aromatic carbocycles. The molecule has 0 aromatic rings. The number of hydrogen-bond acceptors (Lipinski definition) is 1. The molecule has 2 heterocycles. The van der Waals surface area contributed by atoms with Gasteiger partial charge in [0.25, 0.3) is 0 Å². The lowest BCUT2D eigenvalue weighted by molar-refractivity contribution is -0.744. The molecule has 0 radical (unpaired) electrons. The van der Waals surface area contributed by atoms with Gasteiger partial charge in [0.2, 0.25) is 0 Å². The summed E-state index contributed by atoms with van der Waals surface area (Å²) in [7, 11) is 0. The second-order valence-corrected chi connectivity index (χ2v) is 4.08. The minimum Gasteiger partial charge on any atom is -0.377 e. The second-order valence-electron chi connectivity index (χ2n) is 4.08. The minimum absolute atomic E-state index is 0.571. The van der Waals surface area contributed by atoms with Gasteiger partial charge in [0.1, 0.15) is 0 Å². The van der Waals surface area contributed by atoms with E-state index in [-0.39, 0.29) is 0 Å². The summed E-state index contributed by atoms with van der Waals surface area (Å²) in [5.74, 6) is 0. The average Bonchev–Trinajstić information content (AvgIpc) is 2.19. The first kappa shape index (κ1) is 11.0. The fourth-order valence-electron chi connectivity index (χ4n) is 2.11. The van der Waals surface area contributed by atoms with Gasteiger partial charge in [-0.15, -0.1) is 0 Å². The molecule has 0 aromatic heterocycles. The molecule has 1 spiro atoms. The molecule has 2 rings (SSSR count). The molecule has 2 saturated heterocycles. The van der Waals surface area contributed by atoms with Crippen molar-refractivity contribution in [2.24, 2.45) is 5.41 Å². The van der Waals surface area contributed by atoms with Gasteiger partial charge in [-0.25, -0.2) is 0 Å². The molecule has 0 bridgehead atoms. The SMILES string of the molecule is CC.CCC1CCC2(C[NH2+]C2)CO1. The highest BCUT2D eigenvalue weighted by Gasteiger charge is 2.44. The minimum atomic E-state index is 0.571. The van der Waals surface area contributed by atoms with E-state index in [1.54, 1.807) is 0 Å². The van der Waals surface area contributed by atoms with Crippen LogP contribution in [0.3, 0.4) is 0 Å². The maximum atomic E-state index is 5.76. The van der Waals surface area contributed by atoms with Gasteiger partial charge in [-0.05, 0) is 19.3 Å². The van der Waals surface area contributed by atoms with Crippen molar-refractivity contribution in [3.8, 4) is 0 Å². The Morgan fingerprint density at radius 2 is 2.08 bits per heavy atom. The van der Waals surface area contributed by atoms with Crippen molar-refractivity contribution in [3.63, 3.8) is 0 Å². The summed E-state index contributed by atoms with van der Waals surface area (Å²) in [5, 5.41) is 2.38. The van der Waals surface area contributed by atoms with E-state index in [0.717, 1.165) is 6.61 Å². The molecule has 78 valence electrons. The highest BCUT2D eigenvalue weighted by atomic mass is 16.5. The largest absolute Gasteiger partial charge is 0.377 e. The van der Waals surface area contributed by atoms with Crippen molar-refractivity contribution in [2.75, 3.05) is 19.7 Å². The van der Waals surface area contributed by atoms with Gasteiger partial charge in [0.05, 0.1) is 31.2 Å². The zero-order chi connectivity index (χ0) is 9.73. The van der Waals surface area contributed by atoms with Crippen LogP contribution in [0.4, 0.5) is 0 Å². The molecule has 2 aliphatic rings. The van der Waals surface area contributed by atoms with Gasteiger partial charge in [-0.2, -0.15) is 0 Å². The van der Waals surface area contributed by atoms with Crippen LogP contribution in [0.5, 0.6) is 0 Å². The van der Waals surface area contributed by atoms with Crippen LogP contribution in [-0.4, -0.2) is 25.8 Å². The first-order valence-corrected chi connectivity index (χ1v) is 5.78. The Hall–Kier alpha value is -0.0800. The van der Waals surface area contributed by atoms with Crippen LogP contribution in [0.15, 0.2) is 0 Å². The zero-order valence-corrected chi connectivity index (χ0v) is 9.31. The van der Waals surface area contributed by atoms with Crippen molar-refractivity contribution >= 4 is 0 Å².